The Labute approximate surface area is 116 Å². The average Bonchev–Trinajstić information content (AvgIpc) is 3.08. The molecule has 1 spiro atoms. The van der Waals surface area contributed by atoms with Gasteiger partial charge in [-0.25, -0.2) is 0 Å². The van der Waals surface area contributed by atoms with Crippen LogP contribution in [0.2, 0.25) is 0 Å². The molecule has 0 bridgehead atoms. The average molecular weight is 268 g/mol. The second-order valence-electron chi connectivity index (χ2n) is 6.32. The van der Waals surface area contributed by atoms with Gasteiger partial charge in [-0.1, -0.05) is 27.2 Å². The van der Waals surface area contributed by atoms with Gasteiger partial charge >= 0.3 is 0 Å². The van der Waals surface area contributed by atoms with Gasteiger partial charge in [0.25, 0.3) is 0 Å². The van der Waals surface area contributed by atoms with Crippen molar-refractivity contribution >= 4 is 5.91 Å². The van der Waals surface area contributed by atoms with E-state index in [1.165, 1.54) is 0 Å². The summed E-state index contributed by atoms with van der Waals surface area (Å²) in [6.07, 6.45) is 5.49. The first-order valence-corrected chi connectivity index (χ1v) is 7.75. The van der Waals surface area contributed by atoms with E-state index in [0.29, 0.717) is 18.4 Å². The van der Waals surface area contributed by atoms with Crippen molar-refractivity contribution in [1.82, 2.24) is 10.2 Å². The molecule has 4 nitrogen and oxygen atoms in total. The monoisotopic (exact) mass is 268 g/mol. The predicted molar refractivity (Wildman–Crippen MR) is 75.8 cm³/mol. The largest absolute Gasteiger partial charge is 0.380 e. The summed E-state index contributed by atoms with van der Waals surface area (Å²) >= 11 is 0. The van der Waals surface area contributed by atoms with E-state index in [1.807, 2.05) is 4.90 Å². The summed E-state index contributed by atoms with van der Waals surface area (Å²) in [5.41, 5.74) is -0.183. The van der Waals surface area contributed by atoms with Crippen molar-refractivity contribution in [3.63, 3.8) is 0 Å². The van der Waals surface area contributed by atoms with Crippen LogP contribution in [0, 0.1) is 5.92 Å². The molecule has 4 heteroatoms. The Kier molecular flexibility index (Phi) is 4.85. The Morgan fingerprint density at radius 2 is 2.16 bits per heavy atom. The Balaban J connectivity index is 1.75. The van der Waals surface area contributed by atoms with Crippen molar-refractivity contribution in [1.29, 1.82) is 0 Å². The quantitative estimate of drug-likeness (QED) is 0.686. The number of carbonyl (C=O) groups is 1. The van der Waals surface area contributed by atoms with Gasteiger partial charge in [0, 0.05) is 13.2 Å². The van der Waals surface area contributed by atoms with Crippen LogP contribution in [0.25, 0.3) is 0 Å². The van der Waals surface area contributed by atoms with Gasteiger partial charge in [-0.2, -0.15) is 0 Å². The van der Waals surface area contributed by atoms with Gasteiger partial charge in [0.2, 0.25) is 5.91 Å². The Morgan fingerprint density at radius 3 is 2.74 bits per heavy atom. The first-order valence-electron chi connectivity index (χ1n) is 7.75. The zero-order valence-electron chi connectivity index (χ0n) is 12.6. The topological polar surface area (TPSA) is 41.6 Å². The molecule has 0 aromatic rings. The fourth-order valence-corrected chi connectivity index (χ4v) is 2.70. The molecular weight excluding hydrogens is 240 g/mol. The van der Waals surface area contributed by atoms with Gasteiger partial charge in [0.1, 0.15) is 0 Å². The summed E-state index contributed by atoms with van der Waals surface area (Å²) < 4.78 is 5.65. The number of hydrogen-bond donors (Lipinski definition) is 1. The van der Waals surface area contributed by atoms with Crippen molar-refractivity contribution < 1.29 is 9.53 Å². The molecule has 1 amide bonds. The van der Waals surface area contributed by atoms with Gasteiger partial charge in [-0.05, 0) is 31.6 Å². The molecule has 1 aliphatic carbocycles. The Bertz CT molecular complexity index is 313. The zero-order chi connectivity index (χ0) is 13.9. The van der Waals surface area contributed by atoms with E-state index in [0.717, 1.165) is 45.3 Å². The standard InChI is InChI=1S/C15H28N2O2/c1-4-5-13-16-15(7-8-15)14(18)17(13)9-11-19-10-6-12(2)3/h12-13,16H,4-11H2,1-3H3. The molecule has 0 radical (unpaired) electrons. The smallest absolute Gasteiger partial charge is 0.244 e. The third-order valence-corrected chi connectivity index (χ3v) is 4.12. The van der Waals surface area contributed by atoms with Crippen molar-refractivity contribution in [2.45, 2.75) is 64.6 Å². The molecule has 1 saturated heterocycles. The van der Waals surface area contributed by atoms with E-state index in [-0.39, 0.29) is 11.7 Å². The second-order valence-corrected chi connectivity index (χ2v) is 6.32. The SMILES string of the molecule is CCCC1NC2(CC2)C(=O)N1CCOCCC(C)C. The van der Waals surface area contributed by atoms with Crippen LogP contribution in [0.15, 0.2) is 0 Å². The lowest BCUT2D eigenvalue weighted by atomic mass is 10.1. The minimum atomic E-state index is -0.183. The van der Waals surface area contributed by atoms with Gasteiger partial charge < -0.3 is 9.64 Å². The fraction of sp³-hybridized carbons (Fsp3) is 0.933. The van der Waals surface area contributed by atoms with Gasteiger partial charge in [0.15, 0.2) is 0 Å². The maximum absolute atomic E-state index is 12.4. The molecule has 1 atom stereocenters. The van der Waals surface area contributed by atoms with Gasteiger partial charge in [-0.15, -0.1) is 0 Å². The van der Waals surface area contributed by atoms with Crippen LogP contribution in [0.1, 0.15) is 52.9 Å². The number of carbonyl (C=O) groups excluding carboxylic acids is 1. The number of hydrogen-bond acceptors (Lipinski definition) is 3. The predicted octanol–water partition coefficient (Wildman–Crippen LogP) is 2.14. The highest BCUT2D eigenvalue weighted by Crippen LogP contribution is 2.42. The molecule has 1 N–H and O–H groups in total. The van der Waals surface area contributed by atoms with Crippen molar-refractivity contribution in [2.75, 3.05) is 19.8 Å². The molecule has 1 saturated carbocycles. The zero-order valence-corrected chi connectivity index (χ0v) is 12.6. The van der Waals surface area contributed by atoms with Crippen LogP contribution in [-0.2, 0) is 9.53 Å². The molecule has 2 rings (SSSR count). The van der Waals surface area contributed by atoms with E-state index in [4.69, 9.17) is 4.74 Å². The maximum Gasteiger partial charge on any atom is 0.244 e. The number of amides is 1. The van der Waals surface area contributed by atoms with Crippen LogP contribution in [0.4, 0.5) is 0 Å². The van der Waals surface area contributed by atoms with Crippen molar-refractivity contribution in [2.24, 2.45) is 5.92 Å². The van der Waals surface area contributed by atoms with E-state index in [2.05, 4.69) is 26.1 Å². The van der Waals surface area contributed by atoms with Crippen LogP contribution in [0.5, 0.6) is 0 Å². The first kappa shape index (κ1) is 14.8. The third kappa shape index (κ3) is 3.48. The fourth-order valence-electron chi connectivity index (χ4n) is 2.70. The van der Waals surface area contributed by atoms with E-state index < -0.39 is 0 Å². The minimum Gasteiger partial charge on any atom is -0.380 e. The van der Waals surface area contributed by atoms with Crippen molar-refractivity contribution in [3.05, 3.63) is 0 Å². The number of nitrogens with zero attached hydrogens (tertiary/aromatic N) is 1. The third-order valence-electron chi connectivity index (χ3n) is 4.12. The van der Waals surface area contributed by atoms with Crippen LogP contribution >= 0.6 is 0 Å². The molecular formula is C15H28N2O2. The maximum atomic E-state index is 12.4. The summed E-state index contributed by atoms with van der Waals surface area (Å²) in [4.78, 5) is 14.4. The first-order chi connectivity index (χ1) is 9.09. The molecule has 110 valence electrons. The molecule has 1 aliphatic heterocycles. The summed E-state index contributed by atoms with van der Waals surface area (Å²) in [6, 6.07) is 0. The molecule has 0 aromatic carbocycles. The number of rotatable bonds is 8. The number of nitrogens with one attached hydrogen (secondary N) is 1. The highest BCUT2D eigenvalue weighted by molar-refractivity contribution is 5.91. The highest BCUT2D eigenvalue weighted by Gasteiger charge is 2.58. The lowest BCUT2D eigenvalue weighted by Crippen LogP contribution is -2.39. The second kappa shape index (κ2) is 6.23. The van der Waals surface area contributed by atoms with Crippen LogP contribution in [0.3, 0.4) is 0 Å². The minimum absolute atomic E-state index is 0.183. The molecule has 1 unspecified atom stereocenters. The van der Waals surface area contributed by atoms with Gasteiger partial charge in [-0.3, -0.25) is 10.1 Å². The number of ether oxygens (including phenoxy) is 1. The molecule has 2 aliphatic rings. The Hall–Kier alpha value is -0.610. The highest BCUT2D eigenvalue weighted by atomic mass is 16.5. The summed E-state index contributed by atoms with van der Waals surface area (Å²) in [5.74, 6) is 0.982. The van der Waals surface area contributed by atoms with Crippen LogP contribution < -0.4 is 5.32 Å². The molecule has 19 heavy (non-hydrogen) atoms. The van der Waals surface area contributed by atoms with Crippen molar-refractivity contribution in [3.8, 4) is 0 Å². The van der Waals surface area contributed by atoms with E-state index in [9.17, 15) is 4.79 Å². The Morgan fingerprint density at radius 1 is 1.42 bits per heavy atom. The summed E-state index contributed by atoms with van der Waals surface area (Å²) in [5, 5.41) is 3.52. The molecule has 2 fully saturated rings. The summed E-state index contributed by atoms with van der Waals surface area (Å²) in [6.45, 7) is 8.77. The normalized spacial score (nSPS) is 24.7. The molecule has 1 heterocycles. The van der Waals surface area contributed by atoms with E-state index in [1.54, 1.807) is 0 Å². The molecule has 0 aromatic heterocycles. The lowest BCUT2D eigenvalue weighted by molar-refractivity contribution is -0.131. The van der Waals surface area contributed by atoms with Gasteiger partial charge in [0.05, 0.1) is 18.3 Å². The summed E-state index contributed by atoms with van der Waals surface area (Å²) in [7, 11) is 0. The lowest BCUT2D eigenvalue weighted by Gasteiger charge is -2.23. The van der Waals surface area contributed by atoms with Crippen LogP contribution in [-0.4, -0.2) is 42.3 Å². The van der Waals surface area contributed by atoms with E-state index >= 15 is 0 Å².